The predicted octanol–water partition coefficient (Wildman–Crippen LogP) is 0.810. The average molecular weight is 271 g/mol. The Morgan fingerprint density at radius 1 is 1.47 bits per heavy atom. The van der Waals surface area contributed by atoms with Crippen molar-refractivity contribution in [2.75, 3.05) is 0 Å². The van der Waals surface area contributed by atoms with Crippen LogP contribution in [0.2, 0.25) is 5.15 Å². The molecule has 2 rings (SSSR count). The number of halogens is 1. The maximum Gasteiger partial charge on any atom is 0.304 e. The lowest BCUT2D eigenvalue weighted by molar-refractivity contribution is 0.0945. The average Bonchev–Trinajstić information content (AvgIpc) is 2.73. The minimum absolute atomic E-state index is 0.152. The molecule has 0 aliphatic carbocycles. The molecule has 0 fully saturated rings. The van der Waals surface area contributed by atoms with Gasteiger partial charge in [-0.05, 0) is 0 Å². The maximum absolute atomic E-state index is 11.6. The Morgan fingerprint density at radius 3 is 2.88 bits per heavy atom. The SMILES string of the molecule is O=C(NCc1csc(=O)[nH]1)c1cnc(Cl)cn1. The number of nitrogens with zero attached hydrogens (tertiary/aromatic N) is 2. The van der Waals surface area contributed by atoms with Crippen molar-refractivity contribution >= 4 is 28.8 Å². The second-order valence-electron chi connectivity index (χ2n) is 3.08. The molecule has 0 aromatic carbocycles. The van der Waals surface area contributed by atoms with Gasteiger partial charge in [-0.1, -0.05) is 22.9 Å². The number of aromatic nitrogens is 3. The van der Waals surface area contributed by atoms with Gasteiger partial charge in [-0.15, -0.1) is 0 Å². The monoisotopic (exact) mass is 270 g/mol. The van der Waals surface area contributed by atoms with Gasteiger partial charge in [0.25, 0.3) is 5.91 Å². The van der Waals surface area contributed by atoms with Crippen molar-refractivity contribution in [2.45, 2.75) is 6.54 Å². The molecule has 0 saturated heterocycles. The number of hydrogen-bond acceptors (Lipinski definition) is 5. The highest BCUT2D eigenvalue weighted by atomic mass is 35.5. The van der Waals surface area contributed by atoms with Crippen LogP contribution in [0, 0.1) is 0 Å². The molecule has 2 aromatic heterocycles. The lowest BCUT2D eigenvalue weighted by Crippen LogP contribution is -2.24. The second kappa shape index (κ2) is 5.07. The fraction of sp³-hybridized carbons (Fsp3) is 0.111. The number of hydrogen-bond donors (Lipinski definition) is 2. The van der Waals surface area contributed by atoms with Crippen molar-refractivity contribution in [1.29, 1.82) is 0 Å². The quantitative estimate of drug-likeness (QED) is 0.864. The van der Waals surface area contributed by atoms with Gasteiger partial charge in [-0.25, -0.2) is 9.97 Å². The summed E-state index contributed by atoms with van der Waals surface area (Å²) in [5.41, 5.74) is 0.822. The van der Waals surface area contributed by atoms with E-state index in [1.54, 1.807) is 5.38 Å². The summed E-state index contributed by atoms with van der Waals surface area (Å²) in [6.07, 6.45) is 2.58. The summed E-state index contributed by atoms with van der Waals surface area (Å²) in [6.45, 7) is 0.238. The molecule has 0 aliphatic rings. The van der Waals surface area contributed by atoms with E-state index >= 15 is 0 Å². The van der Waals surface area contributed by atoms with Crippen LogP contribution >= 0.6 is 22.9 Å². The van der Waals surface area contributed by atoms with Gasteiger partial charge in [0.2, 0.25) is 0 Å². The van der Waals surface area contributed by atoms with Crippen LogP contribution in [0.15, 0.2) is 22.6 Å². The molecular formula is C9H7ClN4O2S. The van der Waals surface area contributed by atoms with Crippen LogP contribution in [0.25, 0.3) is 0 Å². The van der Waals surface area contributed by atoms with E-state index in [-0.39, 0.29) is 28.2 Å². The molecule has 0 atom stereocenters. The largest absolute Gasteiger partial charge is 0.345 e. The van der Waals surface area contributed by atoms with Crippen LogP contribution in [0.5, 0.6) is 0 Å². The van der Waals surface area contributed by atoms with Crippen molar-refractivity contribution in [3.05, 3.63) is 44.0 Å². The smallest absolute Gasteiger partial charge is 0.304 e. The van der Waals surface area contributed by atoms with Crippen molar-refractivity contribution in [2.24, 2.45) is 0 Å². The molecule has 2 aromatic rings. The Morgan fingerprint density at radius 2 is 2.29 bits per heavy atom. The van der Waals surface area contributed by atoms with Crippen LogP contribution in [0.4, 0.5) is 0 Å². The molecule has 0 spiro atoms. The molecule has 0 radical (unpaired) electrons. The van der Waals surface area contributed by atoms with Gasteiger partial charge in [0.1, 0.15) is 10.8 Å². The van der Waals surface area contributed by atoms with Crippen LogP contribution in [0.1, 0.15) is 16.2 Å². The Hall–Kier alpha value is -1.73. The zero-order valence-electron chi connectivity index (χ0n) is 8.44. The molecule has 0 aliphatic heterocycles. The molecule has 1 amide bonds. The lowest BCUT2D eigenvalue weighted by Gasteiger charge is -2.02. The van der Waals surface area contributed by atoms with Gasteiger partial charge >= 0.3 is 4.87 Å². The summed E-state index contributed by atoms with van der Waals surface area (Å²) < 4.78 is 0. The molecule has 17 heavy (non-hydrogen) atoms. The second-order valence-corrected chi connectivity index (χ2v) is 4.31. The fourth-order valence-electron chi connectivity index (χ4n) is 1.10. The van der Waals surface area contributed by atoms with E-state index in [2.05, 4.69) is 20.3 Å². The molecule has 88 valence electrons. The highest BCUT2D eigenvalue weighted by Crippen LogP contribution is 2.01. The topological polar surface area (TPSA) is 87.7 Å². The van der Waals surface area contributed by atoms with Crippen LogP contribution in [0.3, 0.4) is 0 Å². The number of H-pyrrole nitrogens is 1. The number of amides is 1. The van der Waals surface area contributed by atoms with E-state index in [1.807, 2.05) is 0 Å². The van der Waals surface area contributed by atoms with Crippen molar-refractivity contribution < 1.29 is 4.79 Å². The molecule has 8 heteroatoms. The zero-order chi connectivity index (χ0) is 12.3. The van der Waals surface area contributed by atoms with E-state index in [9.17, 15) is 9.59 Å². The summed E-state index contributed by atoms with van der Waals surface area (Å²) in [7, 11) is 0. The number of carbonyl (C=O) groups is 1. The normalized spacial score (nSPS) is 10.2. The van der Waals surface area contributed by atoms with Crippen LogP contribution in [-0.4, -0.2) is 20.9 Å². The Labute approximate surface area is 105 Å². The van der Waals surface area contributed by atoms with Gasteiger partial charge in [0.15, 0.2) is 0 Å². The van der Waals surface area contributed by atoms with E-state index in [0.717, 1.165) is 11.3 Å². The molecule has 0 saturated carbocycles. The van der Waals surface area contributed by atoms with Gasteiger partial charge in [-0.3, -0.25) is 9.59 Å². The van der Waals surface area contributed by atoms with Crippen LogP contribution < -0.4 is 10.2 Å². The first kappa shape index (κ1) is 11.7. The lowest BCUT2D eigenvalue weighted by atomic mass is 10.4. The Kier molecular flexibility index (Phi) is 3.50. The van der Waals surface area contributed by atoms with Crippen molar-refractivity contribution in [3.8, 4) is 0 Å². The van der Waals surface area contributed by atoms with E-state index < -0.39 is 0 Å². The molecule has 6 nitrogen and oxygen atoms in total. The van der Waals surface area contributed by atoms with E-state index in [1.165, 1.54) is 12.4 Å². The van der Waals surface area contributed by atoms with E-state index in [4.69, 9.17) is 11.6 Å². The first-order valence-electron chi connectivity index (χ1n) is 4.57. The number of thiazole rings is 1. The summed E-state index contributed by atoms with van der Waals surface area (Å²) in [5.74, 6) is -0.374. The fourth-order valence-corrected chi connectivity index (χ4v) is 1.78. The summed E-state index contributed by atoms with van der Waals surface area (Å²) in [4.78, 5) is 32.4. The minimum atomic E-state index is -0.374. The molecule has 0 unspecified atom stereocenters. The third-order valence-corrected chi connectivity index (χ3v) is 2.78. The Balaban J connectivity index is 1.98. The zero-order valence-corrected chi connectivity index (χ0v) is 10.0. The summed E-state index contributed by atoms with van der Waals surface area (Å²) in [6, 6.07) is 0. The summed E-state index contributed by atoms with van der Waals surface area (Å²) >= 11 is 6.59. The maximum atomic E-state index is 11.6. The van der Waals surface area contributed by atoms with Gasteiger partial charge in [-0.2, -0.15) is 0 Å². The van der Waals surface area contributed by atoms with Crippen molar-refractivity contribution in [3.63, 3.8) is 0 Å². The van der Waals surface area contributed by atoms with Gasteiger partial charge in [0, 0.05) is 11.1 Å². The molecular weight excluding hydrogens is 264 g/mol. The van der Waals surface area contributed by atoms with E-state index in [0.29, 0.717) is 5.69 Å². The highest BCUT2D eigenvalue weighted by Gasteiger charge is 2.07. The Bertz CT molecular complexity index is 577. The van der Waals surface area contributed by atoms with Crippen molar-refractivity contribution in [1.82, 2.24) is 20.3 Å². The third kappa shape index (κ3) is 3.11. The number of aromatic amines is 1. The van der Waals surface area contributed by atoms with Crippen LogP contribution in [-0.2, 0) is 6.54 Å². The number of rotatable bonds is 3. The minimum Gasteiger partial charge on any atom is -0.345 e. The predicted molar refractivity (Wildman–Crippen MR) is 63.2 cm³/mol. The standard InChI is InChI=1S/C9H7ClN4O2S/c10-7-3-11-6(2-12-7)8(15)13-1-5-4-17-9(16)14-5/h2-4H,1H2,(H,13,15)(H,14,16). The molecule has 2 heterocycles. The molecule has 0 bridgehead atoms. The summed E-state index contributed by atoms with van der Waals surface area (Å²) in [5, 5.41) is 4.47. The first-order valence-corrected chi connectivity index (χ1v) is 5.83. The van der Waals surface area contributed by atoms with Gasteiger partial charge < -0.3 is 10.3 Å². The first-order chi connectivity index (χ1) is 8.15. The van der Waals surface area contributed by atoms with Gasteiger partial charge in [0.05, 0.1) is 18.9 Å². The third-order valence-electron chi connectivity index (χ3n) is 1.86. The number of nitrogens with one attached hydrogen (secondary N) is 2. The number of carbonyl (C=O) groups excluding carboxylic acids is 1. The molecule has 2 N–H and O–H groups in total. The highest BCUT2D eigenvalue weighted by molar-refractivity contribution is 7.07.